The fourth-order valence-corrected chi connectivity index (χ4v) is 11.8. The molecule has 14 atom stereocenters. The number of carbonyl (C=O) groups excluding carboxylic acids is 2. The van der Waals surface area contributed by atoms with Crippen molar-refractivity contribution in [3.8, 4) is 0 Å². The summed E-state index contributed by atoms with van der Waals surface area (Å²) in [6.45, 7) is 19.3. The molecule has 4 aliphatic carbocycles. The third-order valence-corrected chi connectivity index (χ3v) is 14.9. The minimum atomic E-state index is -1.61. The van der Waals surface area contributed by atoms with Gasteiger partial charge >= 0.3 is 11.9 Å². The van der Waals surface area contributed by atoms with Gasteiger partial charge in [0.05, 0.1) is 12.5 Å². The number of Topliss-reactive ketones (excluding diaryl/α,β-unsaturated/α-hetero) is 1. The largest absolute Gasteiger partial charge is 0.481 e. The molecule has 1 aliphatic heterocycles. The Kier molecular flexibility index (Phi) is 9.90. The molecule has 0 aromatic rings. The molecule has 5 unspecified atom stereocenters. The van der Waals surface area contributed by atoms with Gasteiger partial charge in [-0.25, -0.2) is 0 Å². The Bertz CT molecular complexity index is 1370. The monoisotopic (exact) mass is 692 g/mol. The molecular weight excluding hydrogens is 632 g/mol. The van der Waals surface area contributed by atoms with E-state index in [0.717, 1.165) is 6.42 Å². The number of allylic oxidation sites excluding steroid dienone is 2. The van der Waals surface area contributed by atoms with Crippen LogP contribution in [0.15, 0.2) is 11.1 Å². The van der Waals surface area contributed by atoms with E-state index in [-0.39, 0.29) is 30.0 Å². The number of carboxylic acids is 1. The van der Waals surface area contributed by atoms with Crippen LogP contribution in [0, 0.1) is 50.7 Å². The number of hydrogen-bond donors (Lipinski definition) is 5. The Morgan fingerprint density at radius 3 is 2.14 bits per heavy atom. The third-order valence-electron chi connectivity index (χ3n) is 14.9. The maximum Gasteiger partial charge on any atom is 0.308 e. The first-order chi connectivity index (χ1) is 22.5. The zero-order valence-corrected chi connectivity index (χ0v) is 31.0. The van der Waals surface area contributed by atoms with E-state index in [4.69, 9.17) is 14.2 Å². The summed E-state index contributed by atoms with van der Waals surface area (Å²) in [7, 11) is 0. The maximum absolute atomic E-state index is 14.4. The predicted octanol–water partition coefficient (Wildman–Crippen LogP) is 4.02. The summed E-state index contributed by atoms with van der Waals surface area (Å²) < 4.78 is 18.2. The molecule has 11 heteroatoms. The van der Waals surface area contributed by atoms with Gasteiger partial charge in [0, 0.05) is 24.2 Å². The molecule has 5 N–H and O–H groups in total. The first kappa shape index (κ1) is 38.3. The number of fused-ring (bicyclic) bond motifs is 4. The van der Waals surface area contributed by atoms with E-state index in [1.807, 2.05) is 27.7 Å². The highest BCUT2D eigenvalue weighted by molar-refractivity contribution is 5.93. The third kappa shape index (κ3) is 5.47. The van der Waals surface area contributed by atoms with Crippen molar-refractivity contribution in [2.24, 2.45) is 50.7 Å². The lowest BCUT2D eigenvalue weighted by atomic mass is 9.36. The summed E-state index contributed by atoms with van der Waals surface area (Å²) in [5.41, 5.74) is -1.10. The molecule has 5 aliphatic rings. The van der Waals surface area contributed by atoms with Crippen LogP contribution in [0.4, 0.5) is 0 Å². The number of aliphatic carboxylic acids is 1. The van der Waals surface area contributed by atoms with Gasteiger partial charge in [0.2, 0.25) is 0 Å². The number of carbonyl (C=O) groups is 3. The molecule has 2 saturated carbocycles. The molecule has 278 valence electrons. The Morgan fingerprint density at radius 2 is 1.59 bits per heavy atom. The summed E-state index contributed by atoms with van der Waals surface area (Å²) in [6.07, 6.45) is -5.48. The van der Waals surface area contributed by atoms with Gasteiger partial charge in [0.25, 0.3) is 0 Å². The van der Waals surface area contributed by atoms with Crippen molar-refractivity contribution in [2.75, 3.05) is 6.61 Å². The summed E-state index contributed by atoms with van der Waals surface area (Å²) >= 11 is 0. The second kappa shape index (κ2) is 12.7. The van der Waals surface area contributed by atoms with Crippen molar-refractivity contribution in [3.63, 3.8) is 0 Å². The van der Waals surface area contributed by atoms with E-state index < -0.39 is 94.5 Å². The first-order valence-corrected chi connectivity index (χ1v) is 18.2. The zero-order valence-electron chi connectivity index (χ0n) is 31.0. The topological polar surface area (TPSA) is 180 Å². The molecule has 5 rings (SSSR count). The van der Waals surface area contributed by atoms with Crippen LogP contribution in [0.3, 0.4) is 0 Å². The lowest BCUT2D eigenvalue weighted by Gasteiger charge is -2.67. The first-order valence-electron chi connectivity index (χ1n) is 18.2. The quantitative estimate of drug-likeness (QED) is 0.192. The fraction of sp³-hybridized carbons (Fsp3) is 0.868. The van der Waals surface area contributed by atoms with Gasteiger partial charge < -0.3 is 39.7 Å². The number of ether oxygens (including phenoxy) is 3. The second-order valence-electron chi connectivity index (χ2n) is 17.8. The van der Waals surface area contributed by atoms with Gasteiger partial charge in [-0.15, -0.1) is 0 Å². The number of esters is 1. The normalized spacial score (nSPS) is 47.2. The van der Waals surface area contributed by atoms with Crippen LogP contribution < -0.4 is 0 Å². The number of rotatable bonds is 7. The average molecular weight is 693 g/mol. The standard InChI is InChI=1S/C38H60O11/c1-18(2)19(3)38(10)26(41)16-37(9)22-11-12-25-34(5,6)31(49-33-29(44)28(43)27(42)24(17-39)48-33)23(47-20(4)40)15-35(25,7)21(22)13-14-36(37,8)30(38)32(45)46/h18-19,23-25,27-31,33,39,42-44H,11-17H2,1-10H3,(H,45,46)/t19-,23-,24?,25+,27?,28?,29?,30+,31+,33?,35-,36+,37-,38+/m1/s1. The van der Waals surface area contributed by atoms with Crippen LogP contribution in [0.5, 0.6) is 0 Å². The van der Waals surface area contributed by atoms with Gasteiger partial charge in [-0.1, -0.05) is 73.5 Å². The summed E-state index contributed by atoms with van der Waals surface area (Å²) in [4.78, 5) is 40.3. The molecular formula is C38H60O11. The Hall–Kier alpha value is -1.89. The number of aliphatic hydroxyl groups excluding tert-OH is 4. The molecule has 1 saturated heterocycles. The van der Waals surface area contributed by atoms with Crippen molar-refractivity contribution in [3.05, 3.63) is 11.1 Å². The number of carboxylic acid groups (broad SMARTS) is 1. The van der Waals surface area contributed by atoms with E-state index in [0.29, 0.717) is 25.7 Å². The Labute approximate surface area is 290 Å². The smallest absolute Gasteiger partial charge is 0.308 e. The molecule has 49 heavy (non-hydrogen) atoms. The second-order valence-corrected chi connectivity index (χ2v) is 17.8. The lowest BCUT2D eigenvalue weighted by Crippen LogP contribution is -2.67. The van der Waals surface area contributed by atoms with Crippen LogP contribution >= 0.6 is 0 Å². The van der Waals surface area contributed by atoms with Crippen LogP contribution in [0.2, 0.25) is 0 Å². The lowest BCUT2D eigenvalue weighted by molar-refractivity contribution is -0.336. The SMILES string of the molecule is CC(=O)O[C@@H]1C[C@]2(C)C3=C(CC[C@H]2C(C)(C)[C@H]1OC1OC(CO)C(O)C(O)C1O)[C@@]1(C)CC(=O)[C@](C)([C@H](C)C(C)C)[C@@H](C(=O)O)[C@]1(C)CC3. The van der Waals surface area contributed by atoms with Crippen molar-refractivity contribution in [1.82, 2.24) is 0 Å². The summed E-state index contributed by atoms with van der Waals surface area (Å²) in [6, 6.07) is 0. The zero-order chi connectivity index (χ0) is 36.8. The molecule has 1 heterocycles. The highest BCUT2D eigenvalue weighted by atomic mass is 16.7. The fourth-order valence-electron chi connectivity index (χ4n) is 11.8. The molecule has 3 fully saturated rings. The van der Waals surface area contributed by atoms with Gasteiger partial charge in [0.15, 0.2) is 6.29 Å². The highest BCUT2D eigenvalue weighted by Crippen LogP contribution is 2.73. The molecule has 0 radical (unpaired) electrons. The summed E-state index contributed by atoms with van der Waals surface area (Å²) in [5.74, 6) is -2.23. The molecule has 0 aromatic carbocycles. The van der Waals surface area contributed by atoms with E-state index in [2.05, 4.69) is 34.6 Å². The van der Waals surface area contributed by atoms with Gasteiger partial charge in [0.1, 0.15) is 42.4 Å². The van der Waals surface area contributed by atoms with Gasteiger partial charge in [-0.05, 0) is 66.1 Å². The van der Waals surface area contributed by atoms with Gasteiger partial charge in [-0.3, -0.25) is 14.4 Å². The summed E-state index contributed by atoms with van der Waals surface area (Å²) in [5, 5.41) is 52.3. The van der Waals surface area contributed by atoms with E-state index in [9.17, 15) is 39.9 Å². The van der Waals surface area contributed by atoms with Gasteiger partial charge in [-0.2, -0.15) is 0 Å². The number of aliphatic hydroxyl groups is 4. The van der Waals surface area contributed by atoms with Crippen LogP contribution in [-0.4, -0.2) is 92.8 Å². The molecule has 0 amide bonds. The highest BCUT2D eigenvalue weighted by Gasteiger charge is 2.71. The molecule has 0 aromatic heterocycles. The van der Waals surface area contributed by atoms with Crippen molar-refractivity contribution in [1.29, 1.82) is 0 Å². The Morgan fingerprint density at radius 1 is 0.959 bits per heavy atom. The number of hydrogen-bond acceptors (Lipinski definition) is 10. The maximum atomic E-state index is 14.4. The van der Waals surface area contributed by atoms with Crippen molar-refractivity contribution >= 4 is 17.7 Å². The minimum Gasteiger partial charge on any atom is -0.481 e. The minimum absolute atomic E-state index is 0.00851. The van der Waals surface area contributed by atoms with E-state index in [1.165, 1.54) is 18.1 Å². The number of ketones is 1. The van der Waals surface area contributed by atoms with Crippen molar-refractivity contribution in [2.45, 2.75) is 151 Å². The molecule has 0 bridgehead atoms. The van der Waals surface area contributed by atoms with E-state index >= 15 is 0 Å². The van der Waals surface area contributed by atoms with Crippen LogP contribution in [0.25, 0.3) is 0 Å². The van der Waals surface area contributed by atoms with Crippen molar-refractivity contribution < 1.29 is 54.1 Å². The molecule has 11 nitrogen and oxygen atoms in total. The predicted molar refractivity (Wildman–Crippen MR) is 179 cm³/mol. The Balaban J connectivity index is 1.57. The molecule has 0 spiro atoms. The van der Waals surface area contributed by atoms with E-state index in [1.54, 1.807) is 0 Å². The average Bonchev–Trinajstić information content (AvgIpc) is 2.99. The van der Waals surface area contributed by atoms with Crippen LogP contribution in [0.1, 0.15) is 108 Å². The van der Waals surface area contributed by atoms with Crippen LogP contribution in [-0.2, 0) is 28.6 Å².